The number of piperidine rings is 1. The highest BCUT2D eigenvalue weighted by atomic mass is 32.2. The Hall–Kier alpha value is -3.12. The molecule has 1 aliphatic heterocycles. The Morgan fingerprint density at radius 3 is 2.22 bits per heavy atom. The van der Waals surface area contributed by atoms with Gasteiger partial charge in [0.25, 0.3) is 0 Å². The van der Waals surface area contributed by atoms with Crippen molar-refractivity contribution >= 4 is 27.7 Å². The molecule has 3 rings (SSSR count). The van der Waals surface area contributed by atoms with Crippen LogP contribution in [0.1, 0.15) is 46.1 Å². The van der Waals surface area contributed by atoms with Crippen LogP contribution in [0.5, 0.6) is 0 Å². The first kappa shape index (κ1) is 28.5. The normalized spacial score (nSPS) is 15.4. The van der Waals surface area contributed by atoms with Crippen molar-refractivity contribution in [1.29, 1.82) is 0 Å². The fourth-order valence-corrected chi connectivity index (χ4v) is 5.49. The second kappa shape index (κ2) is 10.7. The lowest BCUT2D eigenvalue weighted by Gasteiger charge is -2.33. The zero-order valence-electron chi connectivity index (χ0n) is 21.0. The average molecular weight is 542 g/mol. The number of ether oxygens (including phenoxy) is 1. The van der Waals surface area contributed by atoms with E-state index in [-0.39, 0.29) is 31.5 Å². The smallest absolute Gasteiger partial charge is 0.417 e. The maximum atomic E-state index is 14.0. The fourth-order valence-electron chi connectivity index (χ4n) is 3.98. The van der Waals surface area contributed by atoms with Gasteiger partial charge in [-0.05, 0) is 57.4 Å². The first-order valence-corrected chi connectivity index (χ1v) is 13.1. The molecule has 1 saturated heterocycles. The molecule has 37 heavy (non-hydrogen) atoms. The second-order valence-electron chi connectivity index (χ2n) is 9.80. The Balaban J connectivity index is 1.84. The van der Waals surface area contributed by atoms with Crippen molar-refractivity contribution in [3.05, 3.63) is 48.0 Å². The van der Waals surface area contributed by atoms with Gasteiger partial charge in [0.1, 0.15) is 5.60 Å². The van der Waals surface area contributed by atoms with Crippen LogP contribution >= 0.6 is 0 Å². The molecule has 1 aliphatic rings. The van der Waals surface area contributed by atoms with Gasteiger partial charge in [0.05, 0.1) is 10.5 Å². The van der Waals surface area contributed by atoms with Crippen molar-refractivity contribution < 1.29 is 35.9 Å². The maximum Gasteiger partial charge on any atom is 0.417 e. The van der Waals surface area contributed by atoms with Crippen LogP contribution in [-0.4, -0.2) is 50.1 Å². The minimum absolute atomic E-state index is 0.0984. The predicted octanol–water partition coefficient (Wildman–Crippen LogP) is 5.01. The third-order valence-corrected chi connectivity index (χ3v) is 7.17. The van der Waals surface area contributed by atoms with Crippen LogP contribution in [0.25, 0.3) is 11.1 Å². The molecule has 0 unspecified atom stereocenters. The molecule has 0 aromatic heterocycles. The first-order valence-electron chi connectivity index (χ1n) is 11.7. The predicted molar refractivity (Wildman–Crippen MR) is 132 cm³/mol. The van der Waals surface area contributed by atoms with Crippen molar-refractivity contribution in [2.75, 3.05) is 18.4 Å². The van der Waals surface area contributed by atoms with E-state index in [1.54, 1.807) is 39.0 Å². The summed E-state index contributed by atoms with van der Waals surface area (Å²) in [5.74, 6) is -0.399. The zero-order valence-corrected chi connectivity index (χ0v) is 21.8. The molecule has 0 aliphatic carbocycles. The summed E-state index contributed by atoms with van der Waals surface area (Å²) in [6.07, 6.45) is -5.03. The van der Waals surface area contributed by atoms with Crippen LogP contribution in [0.15, 0.2) is 47.4 Å². The van der Waals surface area contributed by atoms with Gasteiger partial charge in [-0.1, -0.05) is 24.3 Å². The number of nitrogens with one attached hydrogen (secondary N) is 2. The molecular weight excluding hydrogens is 511 g/mol. The lowest BCUT2D eigenvalue weighted by molar-refractivity contribution is -0.139. The summed E-state index contributed by atoms with van der Waals surface area (Å²) in [5.41, 5.74) is -1.29. The molecule has 0 radical (unpaired) electrons. The molecular formula is C25H30F3N3O5S. The van der Waals surface area contributed by atoms with E-state index in [1.165, 1.54) is 24.0 Å². The molecule has 0 spiro atoms. The van der Waals surface area contributed by atoms with Crippen LogP contribution in [0.2, 0.25) is 0 Å². The van der Waals surface area contributed by atoms with Crippen molar-refractivity contribution in [2.45, 2.75) is 63.3 Å². The largest absolute Gasteiger partial charge is 0.444 e. The number of rotatable bonds is 5. The highest BCUT2D eigenvalue weighted by Gasteiger charge is 2.39. The van der Waals surface area contributed by atoms with Crippen LogP contribution < -0.4 is 10.0 Å². The van der Waals surface area contributed by atoms with Crippen molar-refractivity contribution in [1.82, 2.24) is 9.62 Å². The molecule has 0 bridgehead atoms. The zero-order chi connectivity index (χ0) is 27.6. The summed E-state index contributed by atoms with van der Waals surface area (Å²) in [6.45, 7) is 6.87. The minimum atomic E-state index is -4.96. The van der Waals surface area contributed by atoms with E-state index in [0.717, 1.165) is 12.1 Å². The number of likely N-dealkylation sites (tertiary alicyclic amines) is 1. The van der Waals surface area contributed by atoms with Crippen molar-refractivity contribution in [3.8, 4) is 11.1 Å². The lowest BCUT2D eigenvalue weighted by Crippen LogP contribution is -2.47. The number of alkyl halides is 3. The minimum Gasteiger partial charge on any atom is -0.444 e. The van der Waals surface area contributed by atoms with Crippen LogP contribution in [0.3, 0.4) is 0 Å². The van der Waals surface area contributed by atoms with E-state index in [4.69, 9.17) is 4.74 Å². The quantitative estimate of drug-likeness (QED) is 0.554. The van der Waals surface area contributed by atoms with Crippen LogP contribution in [-0.2, 0) is 25.7 Å². The van der Waals surface area contributed by atoms with E-state index in [9.17, 15) is 31.2 Å². The third-order valence-electron chi connectivity index (χ3n) is 5.59. The summed E-state index contributed by atoms with van der Waals surface area (Å²) in [4.78, 5) is 24.3. The van der Waals surface area contributed by atoms with Crippen LogP contribution in [0, 0.1) is 0 Å². The van der Waals surface area contributed by atoms with Gasteiger partial charge < -0.3 is 15.0 Å². The van der Waals surface area contributed by atoms with E-state index >= 15 is 0 Å². The number of halogens is 3. The maximum absolute atomic E-state index is 14.0. The van der Waals surface area contributed by atoms with Gasteiger partial charge in [-0.25, -0.2) is 17.9 Å². The Kier molecular flexibility index (Phi) is 8.23. The number of benzene rings is 2. The Morgan fingerprint density at radius 2 is 1.65 bits per heavy atom. The second-order valence-corrected chi connectivity index (χ2v) is 11.5. The molecule has 0 atom stereocenters. The summed E-state index contributed by atoms with van der Waals surface area (Å²) >= 11 is 0. The standard InChI is InChI=1S/C25H30F3N3O5S/c1-16(32)29-21-8-6-5-7-19(21)17-9-10-22(20(15-17)25(26,27)28)37(34,35)30-18-11-13-31(14-12-18)23(33)36-24(2,3)4/h5-10,15,18,30H,11-14H2,1-4H3,(H,29,32). The number of sulfonamides is 1. The third kappa shape index (κ3) is 7.45. The van der Waals surface area contributed by atoms with Gasteiger partial charge >= 0.3 is 12.3 Å². The highest BCUT2D eigenvalue weighted by molar-refractivity contribution is 7.89. The summed E-state index contributed by atoms with van der Waals surface area (Å²) in [7, 11) is -4.54. The average Bonchev–Trinajstić information content (AvgIpc) is 2.77. The van der Waals surface area contributed by atoms with Crippen LogP contribution in [0.4, 0.5) is 23.7 Å². The number of carbonyl (C=O) groups excluding carboxylic acids is 2. The summed E-state index contributed by atoms with van der Waals surface area (Å²) in [6, 6.07) is 8.60. The monoisotopic (exact) mass is 541 g/mol. The fraction of sp³-hybridized carbons (Fsp3) is 0.440. The molecule has 2 aromatic rings. The number of carbonyl (C=O) groups is 2. The topological polar surface area (TPSA) is 105 Å². The molecule has 2 N–H and O–H groups in total. The van der Waals surface area contributed by atoms with Gasteiger partial charge in [0.2, 0.25) is 15.9 Å². The number of hydrogen-bond donors (Lipinski definition) is 2. The van der Waals surface area contributed by atoms with Crippen molar-refractivity contribution in [2.24, 2.45) is 0 Å². The molecule has 1 heterocycles. The van der Waals surface area contributed by atoms with Gasteiger partial charge in [-0.3, -0.25) is 4.79 Å². The van der Waals surface area contributed by atoms with Crippen molar-refractivity contribution in [3.63, 3.8) is 0 Å². The molecule has 12 heteroatoms. The first-order chi connectivity index (χ1) is 17.1. The molecule has 8 nitrogen and oxygen atoms in total. The highest BCUT2D eigenvalue weighted by Crippen LogP contribution is 2.38. The molecule has 2 amide bonds. The number of nitrogens with zero attached hydrogens (tertiary/aromatic N) is 1. The molecule has 202 valence electrons. The van der Waals surface area contributed by atoms with Gasteiger partial charge in [0, 0.05) is 37.3 Å². The van der Waals surface area contributed by atoms with E-state index in [0.29, 0.717) is 11.3 Å². The van der Waals surface area contributed by atoms with Gasteiger partial charge in [-0.15, -0.1) is 0 Å². The Morgan fingerprint density at radius 1 is 1.03 bits per heavy atom. The molecule has 0 saturated carbocycles. The molecule has 2 aromatic carbocycles. The summed E-state index contributed by atoms with van der Waals surface area (Å²) < 4.78 is 75.9. The van der Waals surface area contributed by atoms with Gasteiger partial charge in [0.15, 0.2) is 0 Å². The van der Waals surface area contributed by atoms with Gasteiger partial charge in [-0.2, -0.15) is 13.2 Å². The number of para-hydroxylation sites is 1. The molecule has 1 fully saturated rings. The van der Waals surface area contributed by atoms with E-state index < -0.39 is 50.3 Å². The Bertz CT molecular complexity index is 1270. The number of anilines is 1. The number of hydrogen-bond acceptors (Lipinski definition) is 5. The number of amides is 2. The lowest BCUT2D eigenvalue weighted by atomic mass is 10.0. The summed E-state index contributed by atoms with van der Waals surface area (Å²) in [5, 5.41) is 2.57. The van der Waals surface area contributed by atoms with E-state index in [1.807, 2.05) is 0 Å². The Labute approximate surface area is 214 Å². The van der Waals surface area contributed by atoms with E-state index in [2.05, 4.69) is 10.0 Å². The SMILES string of the molecule is CC(=O)Nc1ccccc1-c1ccc(S(=O)(=O)NC2CCN(C(=O)OC(C)(C)C)CC2)c(C(F)(F)F)c1.